The minimum absolute atomic E-state index is 0.129. The molecule has 9 heteroatoms. The van der Waals surface area contributed by atoms with E-state index in [4.69, 9.17) is 4.74 Å². The number of amides is 1. The smallest absolute Gasteiger partial charge is 0.329 e. The predicted molar refractivity (Wildman–Crippen MR) is 93.3 cm³/mol. The molecule has 0 radical (unpaired) electrons. The molecule has 0 atom stereocenters. The molecule has 2 N–H and O–H groups in total. The summed E-state index contributed by atoms with van der Waals surface area (Å²) in [5.41, 5.74) is -1.25. The Morgan fingerprint density at radius 1 is 1.30 bits per heavy atom. The van der Waals surface area contributed by atoms with Gasteiger partial charge in [0, 0.05) is 32.0 Å². The summed E-state index contributed by atoms with van der Waals surface area (Å²) in [5, 5.41) is 16.3. The lowest BCUT2D eigenvalue weighted by molar-refractivity contribution is -0.148. The van der Waals surface area contributed by atoms with Crippen LogP contribution in [0.2, 0.25) is 0 Å². The summed E-state index contributed by atoms with van der Waals surface area (Å²) in [7, 11) is 0. The number of carbonyl (C=O) groups excluding carboxylic acids is 1. The van der Waals surface area contributed by atoms with Crippen molar-refractivity contribution in [2.45, 2.75) is 38.1 Å². The van der Waals surface area contributed by atoms with Crippen molar-refractivity contribution in [2.24, 2.45) is 0 Å². The molecule has 2 heterocycles. The number of hydrogen-bond donors (Lipinski definition) is 2. The van der Waals surface area contributed by atoms with Gasteiger partial charge in [-0.2, -0.15) is 0 Å². The van der Waals surface area contributed by atoms with Crippen molar-refractivity contribution >= 4 is 11.9 Å². The Morgan fingerprint density at radius 2 is 1.96 bits per heavy atom. The normalized spacial score (nSPS) is 16.3. The van der Waals surface area contributed by atoms with Crippen molar-refractivity contribution in [3.05, 3.63) is 41.7 Å². The number of hydrogen-bond acceptors (Lipinski definition) is 5. The fraction of sp³-hybridized carbons (Fsp3) is 0.444. The zero-order valence-corrected chi connectivity index (χ0v) is 15.1. The molecule has 27 heavy (non-hydrogen) atoms. The van der Waals surface area contributed by atoms with Gasteiger partial charge in [0.15, 0.2) is 0 Å². The zero-order valence-electron chi connectivity index (χ0n) is 15.1. The molecular weight excluding hydrogens is 355 g/mol. The van der Waals surface area contributed by atoms with E-state index < -0.39 is 23.2 Å². The van der Waals surface area contributed by atoms with Crippen LogP contribution in [0.25, 0.3) is 5.69 Å². The minimum Gasteiger partial charge on any atom is -0.480 e. The van der Waals surface area contributed by atoms with Crippen LogP contribution in [-0.4, -0.2) is 50.5 Å². The summed E-state index contributed by atoms with van der Waals surface area (Å²) in [6.45, 7) is 4.17. The van der Waals surface area contributed by atoms with E-state index in [1.165, 1.54) is 16.8 Å². The lowest BCUT2D eigenvalue weighted by Crippen LogP contribution is -2.57. The van der Waals surface area contributed by atoms with E-state index in [9.17, 15) is 19.1 Å². The van der Waals surface area contributed by atoms with Gasteiger partial charge in [-0.25, -0.2) is 18.9 Å². The molecule has 1 fully saturated rings. The summed E-state index contributed by atoms with van der Waals surface area (Å²) in [5.74, 6) is -2.26. The van der Waals surface area contributed by atoms with Crippen LogP contribution in [0.15, 0.2) is 24.3 Å². The summed E-state index contributed by atoms with van der Waals surface area (Å²) in [6, 6.07) is 6.04. The first kappa shape index (κ1) is 19.0. The van der Waals surface area contributed by atoms with Crippen LogP contribution in [0.4, 0.5) is 4.39 Å². The van der Waals surface area contributed by atoms with Crippen molar-refractivity contribution in [1.29, 1.82) is 0 Å². The molecule has 1 aromatic heterocycles. The third kappa shape index (κ3) is 3.68. The van der Waals surface area contributed by atoms with Crippen LogP contribution in [0, 0.1) is 5.82 Å². The predicted octanol–water partition coefficient (Wildman–Crippen LogP) is 1.89. The molecule has 0 bridgehead atoms. The van der Waals surface area contributed by atoms with Crippen molar-refractivity contribution < 1.29 is 23.8 Å². The number of halogens is 1. The van der Waals surface area contributed by atoms with Crippen molar-refractivity contribution in [1.82, 2.24) is 20.1 Å². The first-order valence-electron chi connectivity index (χ1n) is 8.69. The zero-order chi connectivity index (χ0) is 19.6. The molecule has 0 unspecified atom stereocenters. The van der Waals surface area contributed by atoms with Gasteiger partial charge >= 0.3 is 5.97 Å². The lowest BCUT2D eigenvalue weighted by atomic mass is 9.90. The Kier molecular flexibility index (Phi) is 5.22. The van der Waals surface area contributed by atoms with Gasteiger partial charge in [-0.05, 0) is 12.1 Å². The maximum absolute atomic E-state index is 14.2. The van der Waals surface area contributed by atoms with Gasteiger partial charge in [-0.3, -0.25) is 4.79 Å². The highest BCUT2D eigenvalue weighted by atomic mass is 19.1. The monoisotopic (exact) mass is 376 g/mol. The van der Waals surface area contributed by atoms with Gasteiger partial charge in [0.05, 0.1) is 0 Å². The van der Waals surface area contributed by atoms with Crippen LogP contribution < -0.4 is 5.32 Å². The third-order valence-electron chi connectivity index (χ3n) is 4.54. The fourth-order valence-electron chi connectivity index (χ4n) is 2.98. The van der Waals surface area contributed by atoms with E-state index in [0.29, 0.717) is 5.82 Å². The number of benzene rings is 1. The van der Waals surface area contributed by atoms with Gasteiger partial charge in [0.2, 0.25) is 5.82 Å². The Bertz CT molecular complexity index is 859. The maximum Gasteiger partial charge on any atom is 0.329 e. The Hall–Kier alpha value is -2.81. The highest BCUT2D eigenvalue weighted by Gasteiger charge is 2.42. The average Bonchev–Trinajstić information content (AvgIpc) is 3.08. The van der Waals surface area contributed by atoms with E-state index >= 15 is 0 Å². The molecule has 1 amide bonds. The first-order chi connectivity index (χ1) is 12.8. The quantitative estimate of drug-likeness (QED) is 0.825. The van der Waals surface area contributed by atoms with Crippen LogP contribution in [0.1, 0.15) is 49.1 Å². The fourth-order valence-corrected chi connectivity index (χ4v) is 2.98. The number of aromatic nitrogens is 3. The van der Waals surface area contributed by atoms with Crippen LogP contribution in [0.5, 0.6) is 0 Å². The van der Waals surface area contributed by atoms with Gasteiger partial charge in [-0.15, -0.1) is 5.10 Å². The molecule has 0 spiro atoms. The second-order valence-electron chi connectivity index (χ2n) is 6.77. The van der Waals surface area contributed by atoms with E-state index in [1.807, 2.05) is 13.8 Å². The molecule has 0 saturated carbocycles. The Morgan fingerprint density at radius 3 is 2.56 bits per heavy atom. The minimum atomic E-state index is -1.42. The largest absolute Gasteiger partial charge is 0.480 e. The second kappa shape index (κ2) is 7.43. The third-order valence-corrected chi connectivity index (χ3v) is 4.54. The van der Waals surface area contributed by atoms with Crippen LogP contribution in [-0.2, 0) is 9.53 Å². The molecule has 1 aliphatic rings. The number of nitrogens with zero attached hydrogens (tertiary/aromatic N) is 3. The molecule has 3 rings (SSSR count). The van der Waals surface area contributed by atoms with Gasteiger partial charge in [0.25, 0.3) is 5.91 Å². The SMILES string of the molecule is CC(C)c1nc(C(=O)NC2(C(=O)O)CCOCC2)nn1-c1ccccc1F. The maximum atomic E-state index is 14.2. The number of para-hydroxylation sites is 1. The van der Waals surface area contributed by atoms with Gasteiger partial charge in [0.1, 0.15) is 22.9 Å². The van der Waals surface area contributed by atoms with E-state index in [-0.39, 0.29) is 43.5 Å². The van der Waals surface area contributed by atoms with Crippen molar-refractivity contribution in [3.8, 4) is 5.69 Å². The number of aliphatic carboxylic acids is 1. The number of carbonyl (C=O) groups is 2. The topological polar surface area (TPSA) is 106 Å². The molecule has 144 valence electrons. The molecule has 0 aliphatic carbocycles. The van der Waals surface area contributed by atoms with Gasteiger partial charge in [-0.1, -0.05) is 26.0 Å². The average molecular weight is 376 g/mol. The number of nitrogens with one attached hydrogen (secondary N) is 1. The molecule has 2 aromatic rings. The van der Waals surface area contributed by atoms with Gasteiger partial charge < -0.3 is 15.2 Å². The summed E-state index contributed by atoms with van der Waals surface area (Å²) < 4.78 is 20.7. The molecule has 1 saturated heterocycles. The molecule has 8 nitrogen and oxygen atoms in total. The van der Waals surface area contributed by atoms with Crippen LogP contribution in [0.3, 0.4) is 0 Å². The number of carboxylic acids is 1. The summed E-state index contributed by atoms with van der Waals surface area (Å²) in [4.78, 5) is 28.6. The van der Waals surface area contributed by atoms with E-state index in [0.717, 1.165) is 0 Å². The van der Waals surface area contributed by atoms with E-state index in [2.05, 4.69) is 15.4 Å². The Labute approximate surface area is 155 Å². The number of carboxylic acid groups (broad SMARTS) is 1. The van der Waals surface area contributed by atoms with Crippen molar-refractivity contribution in [3.63, 3.8) is 0 Å². The molecule has 1 aliphatic heterocycles. The first-order valence-corrected chi connectivity index (χ1v) is 8.69. The summed E-state index contributed by atoms with van der Waals surface area (Å²) >= 11 is 0. The Balaban J connectivity index is 1.95. The van der Waals surface area contributed by atoms with Crippen molar-refractivity contribution in [2.75, 3.05) is 13.2 Å². The number of ether oxygens (including phenoxy) is 1. The lowest BCUT2D eigenvalue weighted by Gasteiger charge is -2.33. The highest BCUT2D eigenvalue weighted by Crippen LogP contribution is 2.23. The van der Waals surface area contributed by atoms with Crippen LogP contribution >= 0.6 is 0 Å². The van der Waals surface area contributed by atoms with E-state index in [1.54, 1.807) is 12.1 Å². The number of rotatable bonds is 5. The molecular formula is C18H21FN4O4. The summed E-state index contributed by atoms with van der Waals surface area (Å²) in [6.07, 6.45) is 0.304. The standard InChI is InChI=1S/C18H21FN4O4/c1-11(2)15-20-14(22-23(15)13-6-4-3-5-12(13)19)16(24)21-18(17(25)26)7-9-27-10-8-18/h3-6,11H,7-10H2,1-2H3,(H,21,24)(H,25,26). The second-order valence-corrected chi connectivity index (χ2v) is 6.77. The molecule has 1 aromatic carbocycles. The highest BCUT2D eigenvalue weighted by molar-refractivity contribution is 5.95.